The molecule has 0 aromatic heterocycles. The molecule has 0 radical (unpaired) electrons. The molecule has 0 aliphatic carbocycles. The molecule has 0 aromatic rings. The van der Waals surface area contributed by atoms with E-state index in [4.69, 9.17) is 11.6 Å². The smallest absolute Gasteiger partial charge is 0.0690 e. The van der Waals surface area contributed by atoms with Gasteiger partial charge in [-0.05, 0) is 6.42 Å². The van der Waals surface area contributed by atoms with E-state index in [9.17, 15) is 0 Å². The van der Waals surface area contributed by atoms with Crippen LogP contribution in [0.1, 0.15) is 6.42 Å². The molecule has 0 unspecified atom stereocenters. The molecule has 0 aromatic carbocycles. The van der Waals surface area contributed by atoms with Gasteiger partial charge in [-0.3, -0.25) is 0 Å². The van der Waals surface area contributed by atoms with Crippen molar-refractivity contribution in [3.05, 3.63) is 0 Å². The minimum atomic E-state index is 0. The zero-order valence-corrected chi connectivity index (χ0v) is 5.47. The van der Waals surface area contributed by atoms with Crippen LogP contribution < -0.4 is 5.90 Å². The van der Waals surface area contributed by atoms with Crippen LogP contribution in [0.4, 0.5) is 0 Å². The second-order valence-corrected chi connectivity index (χ2v) is 1.29. The Hall–Kier alpha value is 0.500. The lowest BCUT2D eigenvalue weighted by atomic mass is 10.5. The summed E-state index contributed by atoms with van der Waals surface area (Å²) < 4.78 is 0. The van der Waals surface area contributed by atoms with Crippen molar-refractivity contribution in [2.75, 3.05) is 12.5 Å². The van der Waals surface area contributed by atoms with Gasteiger partial charge >= 0.3 is 0 Å². The van der Waals surface area contributed by atoms with Crippen molar-refractivity contribution in [2.45, 2.75) is 6.42 Å². The second-order valence-electron chi connectivity index (χ2n) is 0.913. The fourth-order valence-electron chi connectivity index (χ4n) is 0.138. The van der Waals surface area contributed by atoms with Crippen LogP contribution in [0.5, 0.6) is 0 Å². The van der Waals surface area contributed by atoms with E-state index < -0.39 is 0 Å². The van der Waals surface area contributed by atoms with E-state index in [1.807, 2.05) is 0 Å². The van der Waals surface area contributed by atoms with Gasteiger partial charge in [0.15, 0.2) is 0 Å². The largest absolute Gasteiger partial charge is 0.305 e. The molecule has 7 heavy (non-hydrogen) atoms. The van der Waals surface area contributed by atoms with Gasteiger partial charge in [-0.1, -0.05) is 0 Å². The summed E-state index contributed by atoms with van der Waals surface area (Å²) in [5.74, 6) is 5.28. The molecule has 0 saturated carbocycles. The van der Waals surface area contributed by atoms with E-state index in [2.05, 4.69) is 10.7 Å². The Morgan fingerprint density at radius 2 is 2.14 bits per heavy atom. The topological polar surface area (TPSA) is 35.2 Å². The fraction of sp³-hybridized carbons (Fsp3) is 1.00. The third-order valence-corrected chi connectivity index (χ3v) is 0.663. The number of rotatable bonds is 3. The quantitative estimate of drug-likeness (QED) is 0.365. The molecule has 0 atom stereocenters. The second kappa shape index (κ2) is 9.71. The zero-order chi connectivity index (χ0) is 4.83. The van der Waals surface area contributed by atoms with Crippen LogP contribution in [0, 0.1) is 0 Å². The molecular formula is C3H9Cl2NO. The molecule has 0 rings (SSSR count). The Bertz CT molecular complexity index is 24.9. The lowest BCUT2D eigenvalue weighted by molar-refractivity contribution is 0.139. The molecule has 0 amide bonds. The van der Waals surface area contributed by atoms with Gasteiger partial charge in [-0.25, -0.2) is 5.90 Å². The van der Waals surface area contributed by atoms with Crippen LogP contribution in [0.2, 0.25) is 0 Å². The van der Waals surface area contributed by atoms with Crippen molar-refractivity contribution in [3.63, 3.8) is 0 Å². The maximum absolute atomic E-state index is 5.24. The van der Waals surface area contributed by atoms with Gasteiger partial charge in [0.2, 0.25) is 0 Å². The predicted octanol–water partition coefficient (Wildman–Crippen LogP) is 0.927. The van der Waals surface area contributed by atoms with Crippen LogP contribution in [0.25, 0.3) is 0 Å². The average Bonchev–Trinajstić information content (AvgIpc) is 1.61. The molecule has 46 valence electrons. The maximum atomic E-state index is 5.24. The summed E-state index contributed by atoms with van der Waals surface area (Å²) in [6.07, 6.45) is 0.831. The van der Waals surface area contributed by atoms with Crippen LogP contribution in [0.3, 0.4) is 0 Å². The van der Waals surface area contributed by atoms with Crippen molar-refractivity contribution in [1.82, 2.24) is 0 Å². The fourth-order valence-corrected chi connectivity index (χ4v) is 0.247. The van der Waals surface area contributed by atoms with Crippen molar-refractivity contribution in [3.8, 4) is 0 Å². The standard InChI is InChI=1S/C3H8ClNO.ClH/c4-2-1-3-6-5;/h1-3,5H2;1H. The summed E-state index contributed by atoms with van der Waals surface area (Å²) in [6.45, 7) is 0.559. The molecular weight excluding hydrogens is 137 g/mol. The number of hydrogen-bond acceptors (Lipinski definition) is 2. The van der Waals surface area contributed by atoms with Gasteiger partial charge < -0.3 is 4.84 Å². The summed E-state index contributed by atoms with van der Waals surface area (Å²) in [7, 11) is 0. The lowest BCUT2D eigenvalue weighted by Gasteiger charge is -1.87. The monoisotopic (exact) mass is 145 g/mol. The zero-order valence-electron chi connectivity index (χ0n) is 3.89. The summed E-state index contributed by atoms with van der Waals surface area (Å²) in [6, 6.07) is 0. The first-order valence-electron chi connectivity index (χ1n) is 1.79. The Morgan fingerprint density at radius 3 is 2.29 bits per heavy atom. The van der Waals surface area contributed by atoms with Crippen LogP contribution >= 0.6 is 24.0 Å². The van der Waals surface area contributed by atoms with Crippen LogP contribution in [-0.4, -0.2) is 12.5 Å². The Morgan fingerprint density at radius 1 is 1.57 bits per heavy atom. The highest BCUT2D eigenvalue weighted by Crippen LogP contribution is 1.80. The first-order chi connectivity index (χ1) is 2.91. The molecule has 2 N–H and O–H groups in total. The molecule has 4 heteroatoms. The van der Waals surface area contributed by atoms with Crippen LogP contribution in [0.15, 0.2) is 0 Å². The Labute approximate surface area is 54.3 Å². The summed E-state index contributed by atoms with van der Waals surface area (Å²) in [5, 5.41) is 0. The van der Waals surface area contributed by atoms with E-state index in [0.29, 0.717) is 12.5 Å². The molecule has 0 fully saturated rings. The van der Waals surface area contributed by atoms with Gasteiger partial charge in [-0.2, -0.15) is 0 Å². The normalized spacial score (nSPS) is 7.71. The summed E-state index contributed by atoms with van der Waals surface area (Å²) >= 11 is 5.24. The lowest BCUT2D eigenvalue weighted by Crippen LogP contribution is -2.00. The third kappa shape index (κ3) is 10.7. The summed E-state index contributed by atoms with van der Waals surface area (Å²) in [4.78, 5) is 4.20. The summed E-state index contributed by atoms with van der Waals surface area (Å²) in [5.41, 5.74) is 0. The minimum Gasteiger partial charge on any atom is -0.305 e. The van der Waals surface area contributed by atoms with E-state index in [0.717, 1.165) is 6.42 Å². The molecule has 0 heterocycles. The minimum absolute atomic E-state index is 0. The highest BCUT2D eigenvalue weighted by molar-refractivity contribution is 6.17. The molecule has 0 aliphatic rings. The number of halogens is 2. The van der Waals surface area contributed by atoms with Gasteiger partial charge in [0.05, 0.1) is 6.61 Å². The third-order valence-electron chi connectivity index (χ3n) is 0.396. The highest BCUT2D eigenvalue weighted by atomic mass is 35.5. The van der Waals surface area contributed by atoms with Gasteiger partial charge in [0.25, 0.3) is 0 Å². The number of alkyl halides is 1. The first-order valence-corrected chi connectivity index (χ1v) is 2.33. The molecule has 0 saturated heterocycles. The van der Waals surface area contributed by atoms with Crippen LogP contribution in [-0.2, 0) is 4.84 Å². The average molecular weight is 146 g/mol. The maximum Gasteiger partial charge on any atom is 0.0690 e. The van der Waals surface area contributed by atoms with Gasteiger partial charge in [0, 0.05) is 5.88 Å². The Kier molecular flexibility index (Phi) is 14.5. The first kappa shape index (κ1) is 10.5. The van der Waals surface area contributed by atoms with E-state index >= 15 is 0 Å². The van der Waals surface area contributed by atoms with Crippen molar-refractivity contribution < 1.29 is 4.84 Å². The predicted molar refractivity (Wildman–Crippen MR) is 32.7 cm³/mol. The highest BCUT2D eigenvalue weighted by Gasteiger charge is 1.77. The van der Waals surface area contributed by atoms with E-state index in [1.165, 1.54) is 0 Å². The Balaban J connectivity index is 0. The van der Waals surface area contributed by atoms with Crippen molar-refractivity contribution in [1.29, 1.82) is 0 Å². The van der Waals surface area contributed by atoms with Crippen molar-refractivity contribution in [2.24, 2.45) is 5.90 Å². The number of nitrogens with two attached hydrogens (primary N) is 1. The van der Waals surface area contributed by atoms with Gasteiger partial charge in [0.1, 0.15) is 0 Å². The molecule has 0 spiro atoms. The van der Waals surface area contributed by atoms with Crippen molar-refractivity contribution >= 4 is 24.0 Å². The molecule has 0 aliphatic heterocycles. The molecule has 0 bridgehead atoms. The van der Waals surface area contributed by atoms with E-state index in [-0.39, 0.29) is 12.4 Å². The SMILES string of the molecule is Cl.NOCCCCl. The molecule has 2 nitrogen and oxygen atoms in total. The number of hydrogen-bond donors (Lipinski definition) is 1. The van der Waals surface area contributed by atoms with E-state index in [1.54, 1.807) is 0 Å². The van der Waals surface area contributed by atoms with Gasteiger partial charge in [-0.15, -0.1) is 24.0 Å².